The fraction of sp³-hybridized carbons (Fsp3) is 0.500. The number of nitrogens with zero attached hydrogens (tertiary/aromatic N) is 2. The van der Waals surface area contributed by atoms with Crippen molar-refractivity contribution in [3.8, 4) is 11.8 Å². The average molecular weight is 343 g/mol. The number of piperazine rings is 1. The Morgan fingerprint density at radius 1 is 1.24 bits per heavy atom. The maximum absolute atomic E-state index is 12.2. The van der Waals surface area contributed by atoms with Crippen LogP contribution < -0.4 is 15.0 Å². The van der Waals surface area contributed by atoms with Gasteiger partial charge in [0.1, 0.15) is 5.75 Å². The molecule has 2 aliphatic rings. The SMILES string of the molecule is N#Cc1ccc(OCC(=O)N2CC[NH+](CC(=O)NC3CC3)CC2)cc1. The Kier molecular flexibility index (Phi) is 5.51. The second-order valence-electron chi connectivity index (χ2n) is 6.57. The lowest BCUT2D eigenvalue weighted by molar-refractivity contribution is -0.896. The monoisotopic (exact) mass is 343 g/mol. The molecule has 1 aromatic rings. The summed E-state index contributed by atoms with van der Waals surface area (Å²) in [4.78, 5) is 27.1. The Morgan fingerprint density at radius 2 is 1.92 bits per heavy atom. The predicted molar refractivity (Wildman–Crippen MR) is 90.0 cm³/mol. The number of hydrogen-bond donors (Lipinski definition) is 2. The van der Waals surface area contributed by atoms with Crippen LogP contribution in [0, 0.1) is 11.3 Å². The summed E-state index contributed by atoms with van der Waals surface area (Å²) in [5.41, 5.74) is 0.559. The van der Waals surface area contributed by atoms with Crippen molar-refractivity contribution in [3.05, 3.63) is 29.8 Å². The van der Waals surface area contributed by atoms with Crippen LogP contribution in [0.25, 0.3) is 0 Å². The summed E-state index contributed by atoms with van der Waals surface area (Å²) in [6, 6.07) is 9.13. The van der Waals surface area contributed by atoms with Gasteiger partial charge in [-0.2, -0.15) is 5.26 Å². The number of carbonyl (C=O) groups is 2. The zero-order valence-corrected chi connectivity index (χ0v) is 14.2. The van der Waals surface area contributed by atoms with Crippen LogP contribution in [-0.4, -0.2) is 62.1 Å². The number of carbonyl (C=O) groups excluding carboxylic acids is 2. The summed E-state index contributed by atoms with van der Waals surface area (Å²) in [5.74, 6) is 0.639. The molecule has 1 saturated heterocycles. The van der Waals surface area contributed by atoms with Gasteiger partial charge in [-0.1, -0.05) is 0 Å². The highest BCUT2D eigenvalue weighted by Gasteiger charge is 2.28. The van der Waals surface area contributed by atoms with Gasteiger partial charge in [0.05, 0.1) is 37.8 Å². The van der Waals surface area contributed by atoms with E-state index < -0.39 is 0 Å². The molecule has 0 atom stereocenters. The van der Waals surface area contributed by atoms with E-state index >= 15 is 0 Å². The lowest BCUT2D eigenvalue weighted by atomic mass is 10.2. The molecular weight excluding hydrogens is 320 g/mol. The molecule has 3 rings (SSSR count). The minimum absolute atomic E-state index is 0.0105. The molecule has 25 heavy (non-hydrogen) atoms. The molecule has 2 N–H and O–H groups in total. The molecule has 0 aromatic heterocycles. The van der Waals surface area contributed by atoms with E-state index in [1.54, 1.807) is 29.2 Å². The fourth-order valence-corrected chi connectivity index (χ4v) is 2.84. The van der Waals surface area contributed by atoms with Crippen molar-refractivity contribution in [2.45, 2.75) is 18.9 Å². The van der Waals surface area contributed by atoms with Gasteiger partial charge in [-0.05, 0) is 37.1 Å². The van der Waals surface area contributed by atoms with E-state index in [-0.39, 0.29) is 18.4 Å². The maximum atomic E-state index is 12.2. The molecule has 0 unspecified atom stereocenters. The van der Waals surface area contributed by atoms with Gasteiger partial charge >= 0.3 is 0 Å². The Labute approximate surface area is 147 Å². The van der Waals surface area contributed by atoms with Gasteiger partial charge in [-0.15, -0.1) is 0 Å². The van der Waals surface area contributed by atoms with Gasteiger partial charge in [0.2, 0.25) is 0 Å². The smallest absolute Gasteiger partial charge is 0.275 e. The number of rotatable bonds is 6. The van der Waals surface area contributed by atoms with Gasteiger partial charge in [-0.25, -0.2) is 0 Å². The molecule has 1 saturated carbocycles. The summed E-state index contributed by atoms with van der Waals surface area (Å²) in [6.07, 6.45) is 2.20. The largest absolute Gasteiger partial charge is 0.484 e. The first-order valence-corrected chi connectivity index (χ1v) is 8.68. The normalized spacial score (nSPS) is 17.6. The molecule has 2 fully saturated rings. The summed E-state index contributed by atoms with van der Waals surface area (Å²) in [7, 11) is 0. The molecule has 1 aliphatic carbocycles. The van der Waals surface area contributed by atoms with Gasteiger partial charge in [-0.3, -0.25) is 9.59 Å². The number of quaternary nitrogens is 1. The molecule has 1 heterocycles. The highest BCUT2D eigenvalue weighted by atomic mass is 16.5. The quantitative estimate of drug-likeness (QED) is 0.690. The second-order valence-corrected chi connectivity index (χ2v) is 6.57. The van der Waals surface area contributed by atoms with Crippen LogP contribution in [0.5, 0.6) is 5.75 Å². The fourth-order valence-electron chi connectivity index (χ4n) is 2.84. The summed E-state index contributed by atoms with van der Waals surface area (Å²) >= 11 is 0. The first-order chi connectivity index (χ1) is 12.1. The molecule has 7 heteroatoms. The van der Waals surface area contributed by atoms with Crippen molar-refractivity contribution >= 4 is 11.8 Å². The Balaban J connectivity index is 1.37. The predicted octanol–water partition coefficient (Wildman–Crippen LogP) is -1.06. The van der Waals surface area contributed by atoms with E-state index in [0.717, 1.165) is 25.9 Å². The molecule has 7 nitrogen and oxygen atoms in total. The van der Waals surface area contributed by atoms with Gasteiger partial charge in [0.15, 0.2) is 13.2 Å². The van der Waals surface area contributed by atoms with E-state index in [4.69, 9.17) is 10.00 Å². The Hall–Kier alpha value is -2.59. The van der Waals surface area contributed by atoms with Crippen LogP contribution in [0.1, 0.15) is 18.4 Å². The summed E-state index contributed by atoms with van der Waals surface area (Å²) in [5, 5.41) is 11.8. The zero-order valence-electron chi connectivity index (χ0n) is 14.2. The lowest BCUT2D eigenvalue weighted by Gasteiger charge is -2.31. The van der Waals surface area contributed by atoms with Crippen LogP contribution in [0.3, 0.4) is 0 Å². The molecule has 0 bridgehead atoms. The van der Waals surface area contributed by atoms with Gasteiger partial charge < -0.3 is 19.9 Å². The van der Waals surface area contributed by atoms with Crippen molar-refractivity contribution < 1.29 is 19.2 Å². The standard InChI is InChI=1S/C18H22N4O3/c19-11-14-1-5-16(6-2-14)25-13-18(24)22-9-7-21(8-10-22)12-17(23)20-15-3-4-15/h1-2,5-6,15H,3-4,7-10,12-13H2,(H,20,23)/p+1. The number of benzene rings is 1. The number of hydrogen-bond acceptors (Lipinski definition) is 4. The number of ether oxygens (including phenoxy) is 1. The highest BCUT2D eigenvalue weighted by molar-refractivity contribution is 5.78. The van der Waals surface area contributed by atoms with Gasteiger partial charge in [0, 0.05) is 6.04 Å². The number of nitriles is 1. The van der Waals surface area contributed by atoms with Crippen LogP contribution in [0.4, 0.5) is 0 Å². The van der Waals surface area contributed by atoms with Crippen molar-refractivity contribution in [2.24, 2.45) is 0 Å². The minimum atomic E-state index is -0.0501. The average Bonchev–Trinajstić information content (AvgIpc) is 3.44. The first-order valence-electron chi connectivity index (χ1n) is 8.68. The minimum Gasteiger partial charge on any atom is -0.484 e. The molecular formula is C18H23N4O3+. The molecule has 0 radical (unpaired) electrons. The topological polar surface area (TPSA) is 86.9 Å². The number of amides is 2. The molecule has 132 valence electrons. The third-order valence-electron chi connectivity index (χ3n) is 4.52. The first kappa shape index (κ1) is 17.2. The Bertz CT molecular complexity index is 656. The molecule has 1 aromatic carbocycles. The van der Waals surface area contributed by atoms with Crippen LogP contribution in [-0.2, 0) is 9.59 Å². The van der Waals surface area contributed by atoms with E-state index in [0.29, 0.717) is 37.0 Å². The zero-order chi connectivity index (χ0) is 17.6. The summed E-state index contributed by atoms with van der Waals surface area (Å²) in [6.45, 7) is 3.31. The lowest BCUT2D eigenvalue weighted by Crippen LogP contribution is -3.15. The van der Waals surface area contributed by atoms with Crippen molar-refractivity contribution in [3.63, 3.8) is 0 Å². The molecule has 1 aliphatic heterocycles. The highest BCUT2D eigenvalue weighted by Crippen LogP contribution is 2.18. The van der Waals surface area contributed by atoms with Crippen molar-refractivity contribution in [1.82, 2.24) is 10.2 Å². The van der Waals surface area contributed by atoms with Crippen molar-refractivity contribution in [1.29, 1.82) is 5.26 Å². The second kappa shape index (κ2) is 7.99. The third-order valence-corrected chi connectivity index (χ3v) is 4.52. The van der Waals surface area contributed by atoms with E-state index in [1.165, 1.54) is 4.90 Å². The maximum Gasteiger partial charge on any atom is 0.275 e. The van der Waals surface area contributed by atoms with E-state index in [2.05, 4.69) is 5.32 Å². The molecule has 2 amide bonds. The van der Waals surface area contributed by atoms with Crippen molar-refractivity contribution in [2.75, 3.05) is 39.3 Å². The van der Waals surface area contributed by atoms with E-state index in [9.17, 15) is 9.59 Å². The molecule has 0 spiro atoms. The number of nitrogens with one attached hydrogen (secondary N) is 2. The third kappa shape index (κ3) is 5.19. The van der Waals surface area contributed by atoms with Crippen LogP contribution in [0.2, 0.25) is 0 Å². The Morgan fingerprint density at radius 3 is 2.52 bits per heavy atom. The van der Waals surface area contributed by atoms with Crippen LogP contribution >= 0.6 is 0 Å². The summed E-state index contributed by atoms with van der Waals surface area (Å²) < 4.78 is 5.49. The van der Waals surface area contributed by atoms with E-state index in [1.807, 2.05) is 6.07 Å². The van der Waals surface area contributed by atoms with Crippen LogP contribution in [0.15, 0.2) is 24.3 Å². The van der Waals surface area contributed by atoms with Gasteiger partial charge in [0.25, 0.3) is 11.8 Å².